The van der Waals surface area contributed by atoms with Crippen molar-refractivity contribution in [3.63, 3.8) is 0 Å². The molecule has 0 saturated carbocycles. The fourth-order valence-electron chi connectivity index (χ4n) is 2.43. The molecule has 0 radical (unpaired) electrons. The zero-order valence-electron chi connectivity index (χ0n) is 11.1. The first-order chi connectivity index (χ1) is 8.79. The van der Waals surface area contributed by atoms with Crippen LogP contribution in [0, 0.1) is 18.3 Å². The molecule has 3 nitrogen and oxygen atoms in total. The highest BCUT2D eigenvalue weighted by atomic mass is 15.1. The smallest absolute Gasteiger partial charge is 0.101 e. The van der Waals surface area contributed by atoms with E-state index in [-0.39, 0.29) is 0 Å². The first-order valence-electron chi connectivity index (χ1n) is 6.76. The van der Waals surface area contributed by atoms with Gasteiger partial charge in [0.15, 0.2) is 0 Å². The van der Waals surface area contributed by atoms with E-state index in [9.17, 15) is 0 Å². The Hall–Kier alpha value is -1.53. The lowest BCUT2D eigenvalue weighted by atomic mass is 10.1. The van der Waals surface area contributed by atoms with E-state index in [0.717, 1.165) is 24.3 Å². The van der Waals surface area contributed by atoms with Gasteiger partial charge in [-0.2, -0.15) is 5.26 Å². The van der Waals surface area contributed by atoms with Crippen molar-refractivity contribution in [3.8, 4) is 6.07 Å². The van der Waals surface area contributed by atoms with E-state index in [4.69, 9.17) is 5.26 Å². The third-order valence-electron chi connectivity index (χ3n) is 3.49. The molecule has 0 aliphatic carbocycles. The average molecular weight is 243 g/mol. The highest BCUT2D eigenvalue weighted by Gasteiger charge is 2.09. The highest BCUT2D eigenvalue weighted by Crippen LogP contribution is 2.16. The van der Waals surface area contributed by atoms with Crippen LogP contribution in [0.15, 0.2) is 18.2 Å². The molecule has 1 saturated heterocycles. The van der Waals surface area contributed by atoms with E-state index < -0.39 is 0 Å². The second-order valence-corrected chi connectivity index (χ2v) is 4.99. The first kappa shape index (κ1) is 12.9. The molecule has 1 aliphatic rings. The van der Waals surface area contributed by atoms with Crippen molar-refractivity contribution < 1.29 is 0 Å². The Morgan fingerprint density at radius 2 is 2.06 bits per heavy atom. The number of rotatable bonds is 4. The van der Waals surface area contributed by atoms with Crippen molar-refractivity contribution in [1.29, 1.82) is 5.26 Å². The van der Waals surface area contributed by atoms with Crippen LogP contribution in [0.3, 0.4) is 0 Å². The fraction of sp³-hybridized carbons (Fsp3) is 0.533. The van der Waals surface area contributed by atoms with Crippen LogP contribution in [0.5, 0.6) is 0 Å². The molecular formula is C15H21N3. The van der Waals surface area contributed by atoms with Gasteiger partial charge in [-0.05, 0) is 50.6 Å². The molecule has 0 bridgehead atoms. The van der Waals surface area contributed by atoms with Gasteiger partial charge < -0.3 is 10.2 Å². The van der Waals surface area contributed by atoms with Crippen molar-refractivity contribution in [3.05, 3.63) is 29.3 Å². The monoisotopic (exact) mass is 243 g/mol. The summed E-state index contributed by atoms with van der Waals surface area (Å²) in [5, 5.41) is 12.4. The van der Waals surface area contributed by atoms with Gasteiger partial charge >= 0.3 is 0 Å². The lowest BCUT2D eigenvalue weighted by Crippen LogP contribution is -2.33. The Morgan fingerprint density at radius 3 is 2.78 bits per heavy atom. The van der Waals surface area contributed by atoms with Gasteiger partial charge in [0.05, 0.1) is 11.3 Å². The first-order valence-corrected chi connectivity index (χ1v) is 6.76. The summed E-state index contributed by atoms with van der Waals surface area (Å²) in [4.78, 5) is 2.50. The average Bonchev–Trinajstić information content (AvgIpc) is 2.40. The minimum Gasteiger partial charge on any atom is -0.383 e. The maximum Gasteiger partial charge on any atom is 0.101 e. The van der Waals surface area contributed by atoms with E-state index in [1.807, 2.05) is 12.1 Å². The Kier molecular flexibility index (Phi) is 4.60. The second-order valence-electron chi connectivity index (χ2n) is 4.99. The summed E-state index contributed by atoms with van der Waals surface area (Å²) in [6, 6.07) is 8.15. The number of hydrogen-bond donors (Lipinski definition) is 1. The standard InChI is InChI=1S/C15H21N3/c1-13-5-6-14(12-16)15(11-13)17-7-10-18-8-3-2-4-9-18/h5-6,11,17H,2-4,7-10H2,1H3. The van der Waals surface area contributed by atoms with Crippen LogP contribution in [0.2, 0.25) is 0 Å². The molecule has 1 N–H and O–H groups in total. The Balaban J connectivity index is 1.86. The number of nitriles is 1. The molecular weight excluding hydrogens is 222 g/mol. The van der Waals surface area contributed by atoms with Crippen LogP contribution >= 0.6 is 0 Å². The third kappa shape index (κ3) is 3.48. The van der Waals surface area contributed by atoms with E-state index in [1.165, 1.54) is 37.9 Å². The molecule has 1 aromatic rings. The van der Waals surface area contributed by atoms with Crippen molar-refractivity contribution >= 4 is 5.69 Å². The maximum atomic E-state index is 9.06. The Morgan fingerprint density at radius 1 is 1.28 bits per heavy atom. The normalized spacial score (nSPS) is 16.2. The van der Waals surface area contributed by atoms with Crippen LogP contribution in [-0.4, -0.2) is 31.1 Å². The van der Waals surface area contributed by atoms with Gasteiger partial charge in [-0.15, -0.1) is 0 Å². The molecule has 1 aliphatic heterocycles. The van der Waals surface area contributed by atoms with Crippen molar-refractivity contribution in [1.82, 2.24) is 4.90 Å². The van der Waals surface area contributed by atoms with E-state index in [2.05, 4.69) is 29.3 Å². The van der Waals surface area contributed by atoms with Gasteiger partial charge in [0.2, 0.25) is 0 Å². The second kappa shape index (κ2) is 6.42. The molecule has 0 spiro atoms. The highest BCUT2D eigenvalue weighted by molar-refractivity contribution is 5.58. The number of piperidine rings is 1. The van der Waals surface area contributed by atoms with Gasteiger partial charge in [-0.25, -0.2) is 0 Å². The van der Waals surface area contributed by atoms with Crippen molar-refractivity contribution in [2.45, 2.75) is 26.2 Å². The predicted molar refractivity (Wildman–Crippen MR) is 74.7 cm³/mol. The molecule has 0 amide bonds. The van der Waals surface area contributed by atoms with Crippen LogP contribution in [0.25, 0.3) is 0 Å². The summed E-state index contributed by atoms with van der Waals surface area (Å²) >= 11 is 0. The minimum absolute atomic E-state index is 0.735. The number of nitrogens with zero attached hydrogens (tertiary/aromatic N) is 2. The summed E-state index contributed by atoms with van der Waals surface area (Å²) in [5.41, 5.74) is 2.89. The number of benzene rings is 1. The zero-order valence-corrected chi connectivity index (χ0v) is 11.1. The van der Waals surface area contributed by atoms with Crippen LogP contribution in [0.4, 0.5) is 5.69 Å². The molecule has 3 heteroatoms. The number of aryl methyl sites for hydroxylation is 1. The fourth-order valence-corrected chi connectivity index (χ4v) is 2.43. The van der Waals surface area contributed by atoms with Gasteiger partial charge in [0, 0.05) is 13.1 Å². The number of hydrogen-bond acceptors (Lipinski definition) is 3. The Bertz CT molecular complexity index is 428. The van der Waals surface area contributed by atoms with Crippen molar-refractivity contribution in [2.24, 2.45) is 0 Å². The Labute approximate surface area is 109 Å². The van der Waals surface area contributed by atoms with Crippen LogP contribution in [0.1, 0.15) is 30.4 Å². The SMILES string of the molecule is Cc1ccc(C#N)c(NCCN2CCCCC2)c1. The minimum atomic E-state index is 0.735. The van der Waals surface area contributed by atoms with Gasteiger partial charge in [-0.3, -0.25) is 0 Å². The molecule has 18 heavy (non-hydrogen) atoms. The van der Waals surface area contributed by atoms with Gasteiger partial charge in [0.1, 0.15) is 6.07 Å². The van der Waals surface area contributed by atoms with Gasteiger partial charge in [-0.1, -0.05) is 12.5 Å². The summed E-state index contributed by atoms with van der Waals surface area (Å²) < 4.78 is 0. The van der Waals surface area contributed by atoms with Crippen LogP contribution < -0.4 is 5.32 Å². The van der Waals surface area contributed by atoms with E-state index in [1.54, 1.807) is 0 Å². The molecule has 0 atom stereocenters. The molecule has 1 fully saturated rings. The van der Waals surface area contributed by atoms with Crippen molar-refractivity contribution in [2.75, 3.05) is 31.5 Å². The summed E-state index contributed by atoms with van der Waals surface area (Å²) in [6.45, 7) is 6.48. The summed E-state index contributed by atoms with van der Waals surface area (Å²) in [7, 11) is 0. The molecule has 1 heterocycles. The third-order valence-corrected chi connectivity index (χ3v) is 3.49. The largest absolute Gasteiger partial charge is 0.383 e. The maximum absolute atomic E-state index is 9.06. The zero-order chi connectivity index (χ0) is 12.8. The number of anilines is 1. The summed E-state index contributed by atoms with van der Waals surface area (Å²) in [6.07, 6.45) is 4.03. The lowest BCUT2D eigenvalue weighted by molar-refractivity contribution is 0.237. The lowest BCUT2D eigenvalue weighted by Gasteiger charge is -2.26. The number of likely N-dealkylation sites (tertiary alicyclic amines) is 1. The molecule has 1 aromatic carbocycles. The van der Waals surface area contributed by atoms with Crippen LogP contribution in [-0.2, 0) is 0 Å². The van der Waals surface area contributed by atoms with Gasteiger partial charge in [0.25, 0.3) is 0 Å². The molecule has 0 aromatic heterocycles. The molecule has 0 unspecified atom stereocenters. The molecule has 2 rings (SSSR count). The molecule has 96 valence electrons. The topological polar surface area (TPSA) is 39.1 Å². The quantitative estimate of drug-likeness (QED) is 0.883. The number of nitrogens with one attached hydrogen (secondary N) is 1. The van der Waals surface area contributed by atoms with E-state index >= 15 is 0 Å². The summed E-state index contributed by atoms with van der Waals surface area (Å²) in [5.74, 6) is 0. The predicted octanol–water partition coefficient (Wildman–Crippen LogP) is 2.76. The van der Waals surface area contributed by atoms with E-state index in [0.29, 0.717) is 0 Å².